The summed E-state index contributed by atoms with van der Waals surface area (Å²) in [5.41, 5.74) is 6.10. The predicted molar refractivity (Wildman–Crippen MR) is 97.7 cm³/mol. The van der Waals surface area contributed by atoms with E-state index >= 15 is 0 Å². The van der Waals surface area contributed by atoms with Crippen LogP contribution in [0, 0.1) is 0 Å². The van der Waals surface area contributed by atoms with E-state index in [1.165, 1.54) is 13.2 Å². The van der Waals surface area contributed by atoms with E-state index in [-0.39, 0.29) is 17.4 Å². The van der Waals surface area contributed by atoms with Gasteiger partial charge >= 0.3 is 0 Å². The van der Waals surface area contributed by atoms with Gasteiger partial charge in [-0.1, -0.05) is 55.3 Å². The fraction of sp³-hybridized carbons (Fsp3) is 0.263. The highest BCUT2D eigenvalue weighted by Crippen LogP contribution is 2.23. The van der Waals surface area contributed by atoms with Crippen LogP contribution < -0.4 is 15.6 Å². The average molecular weight is 361 g/mol. The van der Waals surface area contributed by atoms with E-state index in [4.69, 9.17) is 16.3 Å². The van der Waals surface area contributed by atoms with Crippen LogP contribution in [0.1, 0.15) is 41.6 Å². The van der Waals surface area contributed by atoms with Gasteiger partial charge in [0.25, 0.3) is 5.91 Å². The predicted octanol–water partition coefficient (Wildman–Crippen LogP) is 3.69. The number of hydrogen-bond donors (Lipinski definition) is 2. The normalized spacial score (nSPS) is 11.5. The van der Waals surface area contributed by atoms with Crippen LogP contribution >= 0.6 is 11.6 Å². The van der Waals surface area contributed by atoms with Gasteiger partial charge in [0.05, 0.1) is 18.6 Å². The number of rotatable bonds is 6. The lowest BCUT2D eigenvalue weighted by molar-refractivity contribution is -0.123. The number of benzene rings is 2. The van der Waals surface area contributed by atoms with Gasteiger partial charge in [-0.2, -0.15) is 0 Å². The number of halogens is 1. The summed E-state index contributed by atoms with van der Waals surface area (Å²) in [6, 6.07) is 14.2. The minimum atomic E-state index is -0.490. The summed E-state index contributed by atoms with van der Waals surface area (Å²) < 4.78 is 5.15. The molecule has 0 radical (unpaired) electrons. The third kappa shape index (κ3) is 4.97. The van der Waals surface area contributed by atoms with Gasteiger partial charge in [-0.15, -0.1) is 0 Å². The van der Waals surface area contributed by atoms with Crippen LogP contribution in [-0.4, -0.2) is 18.9 Å². The molecule has 1 atom stereocenters. The molecule has 6 heteroatoms. The Hall–Kier alpha value is -2.53. The number of carbonyl (C=O) groups excluding carboxylic acids is 2. The lowest BCUT2D eigenvalue weighted by atomic mass is 9.94. The fourth-order valence-corrected chi connectivity index (χ4v) is 2.73. The Balaban J connectivity index is 2.07. The van der Waals surface area contributed by atoms with Crippen molar-refractivity contribution in [1.29, 1.82) is 0 Å². The molecule has 0 unspecified atom stereocenters. The van der Waals surface area contributed by atoms with Gasteiger partial charge in [-0.05, 0) is 30.2 Å². The van der Waals surface area contributed by atoms with Gasteiger partial charge in [0.1, 0.15) is 5.75 Å². The molecule has 2 aromatic carbocycles. The van der Waals surface area contributed by atoms with Crippen LogP contribution in [0.3, 0.4) is 0 Å². The van der Waals surface area contributed by atoms with E-state index in [2.05, 4.69) is 10.9 Å². The minimum Gasteiger partial charge on any atom is -0.496 e. The fourth-order valence-electron chi connectivity index (χ4n) is 2.55. The first-order valence-corrected chi connectivity index (χ1v) is 8.43. The molecule has 5 nitrogen and oxygen atoms in total. The first kappa shape index (κ1) is 18.8. The molecule has 0 aromatic heterocycles. The molecule has 0 heterocycles. The van der Waals surface area contributed by atoms with Crippen LogP contribution in [0.5, 0.6) is 5.75 Å². The van der Waals surface area contributed by atoms with E-state index in [0.717, 1.165) is 12.0 Å². The zero-order chi connectivity index (χ0) is 18.2. The maximum absolute atomic E-state index is 12.5. The highest BCUT2D eigenvalue weighted by molar-refractivity contribution is 6.31. The Morgan fingerprint density at radius 2 is 1.84 bits per heavy atom. The van der Waals surface area contributed by atoms with Crippen LogP contribution in [-0.2, 0) is 4.79 Å². The molecular weight excluding hydrogens is 340 g/mol. The van der Waals surface area contributed by atoms with Gasteiger partial charge in [0, 0.05) is 5.02 Å². The molecule has 2 rings (SSSR count). The van der Waals surface area contributed by atoms with Crippen molar-refractivity contribution >= 4 is 23.4 Å². The zero-order valence-electron chi connectivity index (χ0n) is 14.2. The molecule has 25 heavy (non-hydrogen) atoms. The summed E-state index contributed by atoms with van der Waals surface area (Å²) in [5, 5.41) is 0.408. The summed E-state index contributed by atoms with van der Waals surface area (Å²) in [4.78, 5) is 24.8. The second kappa shape index (κ2) is 9.08. The minimum absolute atomic E-state index is 0.252. The monoisotopic (exact) mass is 360 g/mol. The SMILES string of the molecule is CCC[C@@H](C(=O)NNC(=O)c1cc(Cl)ccc1OC)c1ccccc1. The van der Waals surface area contributed by atoms with Crippen LogP contribution in [0.15, 0.2) is 48.5 Å². The molecule has 2 aromatic rings. The van der Waals surface area contributed by atoms with E-state index in [0.29, 0.717) is 17.2 Å². The number of nitrogens with one attached hydrogen (secondary N) is 2. The Kier molecular flexibility index (Phi) is 6.83. The number of ether oxygens (including phenoxy) is 1. The van der Waals surface area contributed by atoms with Gasteiger partial charge in [-0.3, -0.25) is 20.4 Å². The molecule has 0 bridgehead atoms. The highest BCUT2D eigenvalue weighted by Gasteiger charge is 2.21. The van der Waals surface area contributed by atoms with Crippen molar-refractivity contribution in [3.8, 4) is 5.75 Å². The van der Waals surface area contributed by atoms with Gasteiger partial charge < -0.3 is 4.74 Å². The topological polar surface area (TPSA) is 67.4 Å². The highest BCUT2D eigenvalue weighted by atomic mass is 35.5. The summed E-state index contributed by atoms with van der Waals surface area (Å²) in [6.07, 6.45) is 1.54. The number of amides is 2. The number of hydrogen-bond acceptors (Lipinski definition) is 3. The Morgan fingerprint density at radius 3 is 2.48 bits per heavy atom. The average Bonchev–Trinajstić information content (AvgIpc) is 2.64. The first-order chi connectivity index (χ1) is 12.1. The molecule has 0 saturated heterocycles. The third-order valence-electron chi connectivity index (χ3n) is 3.80. The van der Waals surface area contributed by atoms with Crippen molar-refractivity contribution in [2.75, 3.05) is 7.11 Å². The molecular formula is C19H21ClN2O3. The Labute approximate surface area is 152 Å². The van der Waals surface area contributed by atoms with E-state index < -0.39 is 5.91 Å². The summed E-state index contributed by atoms with van der Waals surface area (Å²) in [5.74, 6) is -0.699. The molecule has 0 fully saturated rings. The summed E-state index contributed by atoms with van der Waals surface area (Å²) >= 11 is 5.93. The van der Waals surface area contributed by atoms with Crippen LogP contribution in [0.4, 0.5) is 0 Å². The van der Waals surface area contributed by atoms with E-state index in [1.807, 2.05) is 37.3 Å². The molecule has 0 aliphatic carbocycles. The molecule has 0 aliphatic heterocycles. The summed E-state index contributed by atoms with van der Waals surface area (Å²) in [6.45, 7) is 2.01. The smallest absolute Gasteiger partial charge is 0.273 e. The molecule has 0 saturated carbocycles. The van der Waals surface area contributed by atoms with Crippen molar-refractivity contribution in [3.63, 3.8) is 0 Å². The lowest BCUT2D eigenvalue weighted by Gasteiger charge is -2.17. The van der Waals surface area contributed by atoms with Gasteiger partial charge in [0.2, 0.25) is 5.91 Å². The number of carbonyl (C=O) groups is 2. The zero-order valence-corrected chi connectivity index (χ0v) is 15.0. The van der Waals surface area contributed by atoms with E-state index in [1.54, 1.807) is 12.1 Å². The van der Waals surface area contributed by atoms with Crippen molar-refractivity contribution in [2.24, 2.45) is 0 Å². The van der Waals surface area contributed by atoms with Crippen molar-refractivity contribution in [1.82, 2.24) is 10.9 Å². The molecule has 0 aliphatic rings. The second-order valence-electron chi connectivity index (χ2n) is 5.54. The van der Waals surface area contributed by atoms with Crippen molar-refractivity contribution < 1.29 is 14.3 Å². The molecule has 132 valence electrons. The molecule has 2 amide bonds. The third-order valence-corrected chi connectivity index (χ3v) is 4.04. The standard InChI is InChI=1S/C19H21ClN2O3/c1-3-7-15(13-8-5-4-6-9-13)18(23)21-22-19(24)16-12-14(20)10-11-17(16)25-2/h4-6,8-12,15H,3,7H2,1-2H3,(H,21,23)(H,22,24)/t15-/m1/s1. The summed E-state index contributed by atoms with van der Waals surface area (Å²) in [7, 11) is 1.46. The Morgan fingerprint density at radius 1 is 1.12 bits per heavy atom. The number of hydrazine groups is 1. The maximum Gasteiger partial charge on any atom is 0.273 e. The maximum atomic E-state index is 12.5. The van der Waals surface area contributed by atoms with E-state index in [9.17, 15) is 9.59 Å². The Bertz CT molecular complexity index is 735. The molecule has 0 spiro atoms. The largest absolute Gasteiger partial charge is 0.496 e. The number of methoxy groups -OCH3 is 1. The first-order valence-electron chi connectivity index (χ1n) is 8.05. The van der Waals surface area contributed by atoms with Gasteiger partial charge in [0.15, 0.2) is 0 Å². The van der Waals surface area contributed by atoms with Crippen molar-refractivity contribution in [3.05, 3.63) is 64.7 Å². The van der Waals surface area contributed by atoms with Crippen LogP contribution in [0.2, 0.25) is 5.02 Å². The van der Waals surface area contributed by atoms with Crippen LogP contribution in [0.25, 0.3) is 0 Å². The molecule has 2 N–H and O–H groups in total. The second-order valence-corrected chi connectivity index (χ2v) is 5.98. The van der Waals surface area contributed by atoms with Gasteiger partial charge in [-0.25, -0.2) is 0 Å². The lowest BCUT2D eigenvalue weighted by Crippen LogP contribution is -2.44. The quantitative estimate of drug-likeness (QED) is 0.772. The van der Waals surface area contributed by atoms with Crippen molar-refractivity contribution in [2.45, 2.75) is 25.7 Å².